The number of hydrogen-bond donors (Lipinski definition) is 3. The Bertz CT molecular complexity index is 317. The van der Waals surface area contributed by atoms with E-state index in [1.54, 1.807) is 19.1 Å². The van der Waals surface area contributed by atoms with Crippen molar-refractivity contribution in [2.45, 2.75) is 19.6 Å². The lowest BCUT2D eigenvalue weighted by molar-refractivity contribution is 0.179. The highest BCUT2D eigenvalue weighted by molar-refractivity contribution is 5.23. The third-order valence-electron chi connectivity index (χ3n) is 2.20. The number of hydrogen-bond acceptors (Lipinski definition) is 3. The van der Waals surface area contributed by atoms with Crippen LogP contribution in [0.25, 0.3) is 0 Å². The zero-order chi connectivity index (χ0) is 11.3. The van der Waals surface area contributed by atoms with Gasteiger partial charge in [0.2, 0.25) is 0 Å². The largest absolute Gasteiger partial charge is 0.390 e. The van der Waals surface area contributed by atoms with Crippen LogP contribution in [0.1, 0.15) is 11.1 Å². The van der Waals surface area contributed by atoms with E-state index >= 15 is 0 Å². The number of aryl methyl sites for hydroxylation is 1. The van der Waals surface area contributed by atoms with E-state index in [2.05, 4.69) is 5.32 Å². The molecule has 0 fully saturated rings. The van der Waals surface area contributed by atoms with E-state index in [9.17, 15) is 9.50 Å². The summed E-state index contributed by atoms with van der Waals surface area (Å²) in [5, 5.41) is 12.2. The first-order chi connectivity index (χ1) is 7.13. The number of nitrogens with one attached hydrogen (secondary N) is 1. The van der Waals surface area contributed by atoms with Gasteiger partial charge in [-0.2, -0.15) is 0 Å². The molecule has 0 saturated carbocycles. The Balaban J connectivity index is 2.41. The Hall–Kier alpha value is -0.970. The molecule has 0 radical (unpaired) electrons. The molecule has 1 unspecified atom stereocenters. The van der Waals surface area contributed by atoms with E-state index in [4.69, 9.17) is 5.73 Å². The summed E-state index contributed by atoms with van der Waals surface area (Å²) in [6, 6.07) is 4.97. The van der Waals surface area contributed by atoms with E-state index in [0.717, 1.165) is 5.56 Å². The Morgan fingerprint density at radius 3 is 2.87 bits per heavy atom. The highest BCUT2D eigenvalue weighted by atomic mass is 19.1. The van der Waals surface area contributed by atoms with Gasteiger partial charge < -0.3 is 16.2 Å². The zero-order valence-electron chi connectivity index (χ0n) is 8.83. The molecular weight excluding hydrogens is 195 g/mol. The second kappa shape index (κ2) is 5.80. The van der Waals surface area contributed by atoms with Crippen molar-refractivity contribution in [3.8, 4) is 0 Å². The fraction of sp³-hybridized carbons (Fsp3) is 0.455. The van der Waals surface area contributed by atoms with Gasteiger partial charge in [-0.25, -0.2) is 4.39 Å². The van der Waals surface area contributed by atoms with Crippen LogP contribution in [0.3, 0.4) is 0 Å². The van der Waals surface area contributed by atoms with Crippen molar-refractivity contribution in [3.63, 3.8) is 0 Å². The highest BCUT2D eigenvalue weighted by Gasteiger charge is 2.01. The predicted molar refractivity (Wildman–Crippen MR) is 57.9 cm³/mol. The maximum atomic E-state index is 12.9. The van der Waals surface area contributed by atoms with Crippen molar-refractivity contribution in [1.82, 2.24) is 5.32 Å². The first-order valence-corrected chi connectivity index (χ1v) is 4.97. The number of benzene rings is 1. The molecule has 0 amide bonds. The van der Waals surface area contributed by atoms with Crippen molar-refractivity contribution in [1.29, 1.82) is 0 Å². The lowest BCUT2D eigenvalue weighted by Gasteiger charge is -2.09. The molecule has 0 aliphatic rings. The van der Waals surface area contributed by atoms with Crippen LogP contribution in [0, 0.1) is 12.7 Å². The second-order valence-electron chi connectivity index (χ2n) is 3.60. The van der Waals surface area contributed by atoms with Gasteiger partial charge in [0.15, 0.2) is 0 Å². The number of halogens is 1. The molecular formula is C11H17FN2O. The van der Waals surface area contributed by atoms with Gasteiger partial charge in [-0.1, -0.05) is 12.1 Å². The van der Waals surface area contributed by atoms with Crippen LogP contribution in [0.4, 0.5) is 4.39 Å². The van der Waals surface area contributed by atoms with Gasteiger partial charge in [-0.15, -0.1) is 0 Å². The minimum atomic E-state index is -0.522. The van der Waals surface area contributed by atoms with Crippen molar-refractivity contribution in [2.75, 3.05) is 13.1 Å². The first-order valence-electron chi connectivity index (χ1n) is 4.97. The molecule has 0 aliphatic carbocycles. The van der Waals surface area contributed by atoms with E-state index < -0.39 is 6.10 Å². The fourth-order valence-corrected chi connectivity index (χ4v) is 1.28. The lowest BCUT2D eigenvalue weighted by Crippen LogP contribution is -2.32. The van der Waals surface area contributed by atoms with Gasteiger partial charge in [-0.3, -0.25) is 0 Å². The summed E-state index contributed by atoms with van der Waals surface area (Å²) in [4.78, 5) is 0. The smallest absolute Gasteiger partial charge is 0.126 e. The number of aliphatic hydroxyl groups is 1. The van der Waals surface area contributed by atoms with Crippen LogP contribution < -0.4 is 11.1 Å². The zero-order valence-corrected chi connectivity index (χ0v) is 8.83. The standard InChI is InChI=1S/C11H17FN2O/c1-8-4-9(2-3-11(8)12)6-14-7-10(15)5-13/h2-4,10,14-15H,5-7,13H2,1H3. The molecule has 0 aliphatic heterocycles. The molecule has 0 saturated heterocycles. The summed E-state index contributed by atoms with van der Waals surface area (Å²) in [5.41, 5.74) is 6.89. The van der Waals surface area contributed by atoms with Gasteiger partial charge in [0, 0.05) is 19.6 Å². The predicted octanol–water partition coefficient (Wildman–Crippen LogP) is 0.543. The molecule has 1 aromatic rings. The van der Waals surface area contributed by atoms with Crippen LogP contribution in [0.2, 0.25) is 0 Å². The van der Waals surface area contributed by atoms with Crippen LogP contribution >= 0.6 is 0 Å². The Morgan fingerprint density at radius 1 is 1.53 bits per heavy atom. The Kier molecular flexibility index (Phi) is 4.68. The average Bonchev–Trinajstić information content (AvgIpc) is 2.23. The molecule has 0 heterocycles. The Labute approximate surface area is 89.1 Å². The van der Waals surface area contributed by atoms with Gasteiger partial charge in [0.25, 0.3) is 0 Å². The first kappa shape index (κ1) is 12.1. The third-order valence-corrected chi connectivity index (χ3v) is 2.20. The quantitative estimate of drug-likeness (QED) is 0.668. The Morgan fingerprint density at radius 2 is 2.27 bits per heavy atom. The highest BCUT2D eigenvalue weighted by Crippen LogP contribution is 2.08. The molecule has 4 heteroatoms. The van der Waals surface area contributed by atoms with Crippen molar-refractivity contribution < 1.29 is 9.50 Å². The van der Waals surface area contributed by atoms with Gasteiger partial charge >= 0.3 is 0 Å². The van der Waals surface area contributed by atoms with E-state index in [1.165, 1.54) is 6.07 Å². The third kappa shape index (κ3) is 3.95. The summed E-state index contributed by atoms with van der Waals surface area (Å²) in [6.45, 7) is 3.04. The summed E-state index contributed by atoms with van der Waals surface area (Å²) >= 11 is 0. The van der Waals surface area contributed by atoms with Crippen molar-refractivity contribution in [3.05, 3.63) is 35.1 Å². The van der Waals surface area contributed by atoms with E-state index in [0.29, 0.717) is 18.7 Å². The molecule has 0 aromatic heterocycles. The van der Waals surface area contributed by atoms with Gasteiger partial charge in [-0.05, 0) is 24.1 Å². The molecule has 84 valence electrons. The summed E-state index contributed by atoms with van der Waals surface area (Å²) in [5.74, 6) is -0.194. The van der Waals surface area contributed by atoms with Gasteiger partial charge in [0.05, 0.1) is 6.10 Å². The normalized spacial score (nSPS) is 12.8. The number of aliphatic hydroxyl groups excluding tert-OH is 1. The second-order valence-corrected chi connectivity index (χ2v) is 3.60. The average molecular weight is 212 g/mol. The van der Waals surface area contributed by atoms with Crippen molar-refractivity contribution in [2.24, 2.45) is 5.73 Å². The molecule has 1 rings (SSSR count). The molecule has 1 aromatic carbocycles. The van der Waals surface area contributed by atoms with E-state index in [-0.39, 0.29) is 12.4 Å². The minimum Gasteiger partial charge on any atom is -0.390 e. The molecule has 1 atom stereocenters. The molecule has 0 bridgehead atoms. The van der Waals surface area contributed by atoms with E-state index in [1.807, 2.05) is 0 Å². The lowest BCUT2D eigenvalue weighted by atomic mass is 10.1. The van der Waals surface area contributed by atoms with Gasteiger partial charge in [0.1, 0.15) is 5.82 Å². The minimum absolute atomic E-state index is 0.194. The number of rotatable bonds is 5. The summed E-state index contributed by atoms with van der Waals surface area (Å²) < 4.78 is 12.9. The fourth-order valence-electron chi connectivity index (χ4n) is 1.28. The van der Waals surface area contributed by atoms with Crippen LogP contribution in [-0.4, -0.2) is 24.3 Å². The molecule has 15 heavy (non-hydrogen) atoms. The molecule has 3 nitrogen and oxygen atoms in total. The molecule has 0 spiro atoms. The maximum Gasteiger partial charge on any atom is 0.126 e. The van der Waals surface area contributed by atoms with Crippen LogP contribution in [0.15, 0.2) is 18.2 Å². The SMILES string of the molecule is Cc1cc(CNCC(O)CN)ccc1F. The topological polar surface area (TPSA) is 58.3 Å². The maximum absolute atomic E-state index is 12.9. The summed E-state index contributed by atoms with van der Waals surface area (Å²) in [7, 11) is 0. The van der Waals surface area contributed by atoms with Crippen molar-refractivity contribution >= 4 is 0 Å². The number of nitrogens with two attached hydrogens (primary N) is 1. The monoisotopic (exact) mass is 212 g/mol. The van der Waals surface area contributed by atoms with Crippen LogP contribution in [-0.2, 0) is 6.54 Å². The summed E-state index contributed by atoms with van der Waals surface area (Å²) in [6.07, 6.45) is -0.522. The van der Waals surface area contributed by atoms with Crippen LogP contribution in [0.5, 0.6) is 0 Å². The molecule has 4 N–H and O–H groups in total.